The minimum atomic E-state index is -1.12. The van der Waals surface area contributed by atoms with Crippen molar-refractivity contribution in [2.45, 2.75) is 77.5 Å². The number of Topliss-reactive ketones (excluding diaryl/α,β-unsaturated/α-hetero) is 1. The van der Waals surface area contributed by atoms with Gasteiger partial charge in [0.2, 0.25) is 17.7 Å². The first-order chi connectivity index (χ1) is 27.4. The standard InChI is InChI=1S/C37H47F2N5O7.C4H9NOS/c1-37(2,3)35(31-18-25(28-19-26(38)11-12-29(28)39)22-43(31)21-24-8-5-4-6-9-24)44(33(48)23-45)17-15-30(40)36(51)41-16-7-10-27(46)20-42-32(47)13-14-34(49)50;1-5-4(2-6)3-7/h4-6,8-9,11-12,18-19,22,30,35,45H,7,10,13-17,20-21,23,40H2,1-3H3,(H,41,51)(H,42,47)(H,49,50);2,4-5,7H,3H2,1H3/t30-,35-;4-/m01/s1. The fraction of sp³-hybridized carbons (Fsp3) is 0.463. The number of amides is 3. The van der Waals surface area contributed by atoms with E-state index in [4.69, 9.17) is 10.8 Å². The topological polar surface area (TPSA) is 213 Å². The average Bonchev–Trinajstić information content (AvgIpc) is 3.59. The Labute approximate surface area is 343 Å². The number of nitrogens with one attached hydrogen (secondary N) is 3. The number of carbonyl (C=O) groups excluding carboxylic acids is 5. The first kappa shape index (κ1) is 49.2. The van der Waals surface area contributed by atoms with Crippen molar-refractivity contribution in [1.82, 2.24) is 25.4 Å². The van der Waals surface area contributed by atoms with Crippen LogP contribution in [0.2, 0.25) is 0 Å². The number of thiol groups is 1. The maximum absolute atomic E-state index is 15.0. The molecule has 0 fully saturated rings. The van der Waals surface area contributed by atoms with Gasteiger partial charge in [0.1, 0.15) is 24.5 Å². The van der Waals surface area contributed by atoms with E-state index in [0.717, 1.165) is 30.0 Å². The second kappa shape index (κ2) is 24.7. The summed E-state index contributed by atoms with van der Waals surface area (Å²) in [7, 11) is 1.73. The largest absolute Gasteiger partial charge is 0.481 e. The fourth-order valence-electron chi connectivity index (χ4n) is 5.93. The number of rotatable bonds is 22. The SMILES string of the molecule is CC(C)(C)[C@H](c1cc(-c2cc(F)ccc2F)cn1Cc1ccccc1)N(CC[C@H](N)C(=O)NCCCC(=O)CNC(=O)CCC(=O)O)C(=O)CO.CN[C@H](C=O)CS. The van der Waals surface area contributed by atoms with Crippen molar-refractivity contribution in [3.63, 3.8) is 0 Å². The van der Waals surface area contributed by atoms with E-state index in [1.165, 1.54) is 4.90 Å². The average molecular weight is 831 g/mol. The van der Waals surface area contributed by atoms with Gasteiger partial charge in [-0.25, -0.2) is 8.78 Å². The number of aliphatic hydroxyl groups is 1. The molecule has 0 bridgehead atoms. The third-order valence-electron chi connectivity index (χ3n) is 8.96. The van der Waals surface area contributed by atoms with Crippen molar-refractivity contribution in [2.75, 3.05) is 39.0 Å². The summed E-state index contributed by atoms with van der Waals surface area (Å²) in [4.78, 5) is 71.8. The molecule has 14 nitrogen and oxygen atoms in total. The van der Waals surface area contributed by atoms with Gasteiger partial charge in [-0.2, -0.15) is 12.6 Å². The molecule has 318 valence electrons. The molecule has 3 rings (SSSR count). The molecule has 0 aliphatic heterocycles. The van der Waals surface area contributed by atoms with Crippen LogP contribution in [0.3, 0.4) is 0 Å². The maximum Gasteiger partial charge on any atom is 0.303 e. The summed E-state index contributed by atoms with van der Waals surface area (Å²) in [6.07, 6.45) is 2.34. The molecule has 3 aromatic rings. The van der Waals surface area contributed by atoms with E-state index in [1.54, 1.807) is 19.3 Å². The molecule has 0 aliphatic rings. The number of carbonyl (C=O) groups is 6. The molecule has 1 aromatic heterocycles. The number of aliphatic hydroxyl groups excluding tert-OH is 1. The molecule has 7 N–H and O–H groups in total. The number of carboxylic acids is 1. The van der Waals surface area contributed by atoms with Gasteiger partial charge in [0.15, 0.2) is 5.78 Å². The first-order valence-corrected chi connectivity index (χ1v) is 19.4. The van der Waals surface area contributed by atoms with Crippen molar-refractivity contribution >= 4 is 48.4 Å². The first-order valence-electron chi connectivity index (χ1n) is 18.8. The summed E-state index contributed by atoms with van der Waals surface area (Å²) in [5.41, 5.74) is 7.55. The second-order valence-electron chi connectivity index (χ2n) is 14.6. The molecule has 3 amide bonds. The van der Waals surface area contributed by atoms with E-state index < -0.39 is 59.4 Å². The van der Waals surface area contributed by atoms with Gasteiger partial charge in [0.25, 0.3) is 0 Å². The summed E-state index contributed by atoms with van der Waals surface area (Å²) in [5, 5.41) is 26.5. The summed E-state index contributed by atoms with van der Waals surface area (Å²) >= 11 is 3.88. The Morgan fingerprint density at radius 1 is 1.00 bits per heavy atom. The van der Waals surface area contributed by atoms with Crippen molar-refractivity contribution in [1.29, 1.82) is 0 Å². The van der Waals surface area contributed by atoms with Gasteiger partial charge in [-0.3, -0.25) is 24.0 Å². The monoisotopic (exact) mass is 830 g/mol. The van der Waals surface area contributed by atoms with Crippen LogP contribution < -0.4 is 21.7 Å². The molecule has 0 aliphatic carbocycles. The number of nitrogens with two attached hydrogens (primary N) is 1. The van der Waals surface area contributed by atoms with Gasteiger partial charge in [-0.15, -0.1) is 0 Å². The van der Waals surface area contributed by atoms with Crippen LogP contribution in [0.25, 0.3) is 11.1 Å². The van der Waals surface area contributed by atoms with E-state index >= 15 is 0 Å². The van der Waals surface area contributed by atoms with Crippen LogP contribution in [0.5, 0.6) is 0 Å². The number of ketones is 1. The van der Waals surface area contributed by atoms with E-state index in [1.807, 2.05) is 55.7 Å². The highest BCUT2D eigenvalue weighted by atomic mass is 32.1. The Kier molecular flexibility index (Phi) is 21.0. The summed E-state index contributed by atoms with van der Waals surface area (Å²) in [6.45, 7) is 5.13. The number of halogens is 2. The normalized spacial score (nSPS) is 12.6. The molecule has 0 saturated carbocycles. The maximum atomic E-state index is 15.0. The van der Waals surface area contributed by atoms with Gasteiger partial charge in [0.05, 0.1) is 31.1 Å². The van der Waals surface area contributed by atoms with Crippen LogP contribution in [-0.4, -0.2) is 107 Å². The molecule has 0 saturated heterocycles. The summed E-state index contributed by atoms with van der Waals surface area (Å²) < 4.78 is 31.1. The smallest absolute Gasteiger partial charge is 0.303 e. The number of benzene rings is 2. The van der Waals surface area contributed by atoms with E-state index in [2.05, 4.69) is 28.6 Å². The highest BCUT2D eigenvalue weighted by Crippen LogP contribution is 2.41. The predicted molar refractivity (Wildman–Crippen MR) is 219 cm³/mol. The Morgan fingerprint density at radius 2 is 1.69 bits per heavy atom. The zero-order valence-electron chi connectivity index (χ0n) is 33.4. The third-order valence-corrected chi connectivity index (χ3v) is 9.36. The third kappa shape index (κ3) is 16.5. The molecule has 0 radical (unpaired) electrons. The molecule has 1 heterocycles. The molecule has 17 heteroatoms. The number of likely N-dealkylation sites (N-methyl/N-ethyl adjacent to an activating group) is 1. The Morgan fingerprint density at radius 3 is 2.26 bits per heavy atom. The lowest BCUT2D eigenvalue weighted by atomic mass is 9.82. The summed E-state index contributed by atoms with van der Waals surface area (Å²) in [6, 6.07) is 12.6. The molecular weight excluding hydrogens is 775 g/mol. The Balaban J connectivity index is 0.00000151. The predicted octanol–water partition coefficient (Wildman–Crippen LogP) is 3.26. The molecule has 2 aromatic carbocycles. The molecule has 0 unspecified atom stereocenters. The highest BCUT2D eigenvalue weighted by Gasteiger charge is 2.37. The molecular formula is C41H56F2N6O8S. The van der Waals surface area contributed by atoms with Crippen LogP contribution in [0, 0.1) is 17.0 Å². The number of carboxylic acid groups (broad SMARTS) is 1. The lowest BCUT2D eigenvalue weighted by Gasteiger charge is -2.41. The number of aliphatic carboxylic acids is 1. The van der Waals surface area contributed by atoms with Gasteiger partial charge in [-0.05, 0) is 55.1 Å². The number of hydrogen-bond acceptors (Lipinski definition) is 10. The number of hydrogen-bond donors (Lipinski definition) is 7. The molecule has 0 spiro atoms. The van der Waals surface area contributed by atoms with Crippen LogP contribution in [0.15, 0.2) is 60.8 Å². The van der Waals surface area contributed by atoms with Crippen molar-refractivity contribution < 1.29 is 47.8 Å². The lowest BCUT2D eigenvalue weighted by Crippen LogP contribution is -2.47. The van der Waals surface area contributed by atoms with Gasteiger partial charge in [-0.1, -0.05) is 51.1 Å². The van der Waals surface area contributed by atoms with Crippen molar-refractivity contribution in [3.8, 4) is 11.1 Å². The summed E-state index contributed by atoms with van der Waals surface area (Å²) in [5.74, 6) is -3.72. The minimum absolute atomic E-state index is 0.0177. The van der Waals surface area contributed by atoms with E-state index in [-0.39, 0.29) is 69.1 Å². The van der Waals surface area contributed by atoms with Crippen LogP contribution >= 0.6 is 12.6 Å². The number of aromatic nitrogens is 1. The number of aldehydes is 1. The quantitative estimate of drug-likeness (QED) is 0.0446. The Bertz CT molecular complexity index is 1820. The van der Waals surface area contributed by atoms with E-state index in [0.29, 0.717) is 23.6 Å². The zero-order valence-corrected chi connectivity index (χ0v) is 34.3. The Hall–Kier alpha value is -4.97. The minimum Gasteiger partial charge on any atom is -0.481 e. The van der Waals surface area contributed by atoms with Crippen LogP contribution in [0.4, 0.5) is 8.78 Å². The fourth-order valence-corrected chi connectivity index (χ4v) is 6.20. The van der Waals surface area contributed by atoms with Crippen molar-refractivity contribution in [3.05, 3.63) is 83.7 Å². The van der Waals surface area contributed by atoms with Crippen LogP contribution in [0.1, 0.15) is 70.2 Å². The number of nitrogens with zero attached hydrogens (tertiary/aromatic N) is 2. The lowest BCUT2D eigenvalue weighted by molar-refractivity contribution is -0.140. The van der Waals surface area contributed by atoms with Gasteiger partial charge in [0, 0.05) is 61.2 Å². The second-order valence-corrected chi connectivity index (χ2v) is 15.0. The molecule has 58 heavy (non-hydrogen) atoms. The highest BCUT2D eigenvalue weighted by molar-refractivity contribution is 7.80. The molecule has 3 atom stereocenters. The van der Waals surface area contributed by atoms with Crippen molar-refractivity contribution in [2.24, 2.45) is 11.1 Å². The van der Waals surface area contributed by atoms with Gasteiger partial charge < -0.3 is 46.2 Å². The van der Waals surface area contributed by atoms with Crippen LogP contribution in [-0.2, 0) is 35.3 Å². The van der Waals surface area contributed by atoms with Gasteiger partial charge >= 0.3 is 5.97 Å². The zero-order chi connectivity index (χ0) is 43.4. The van der Waals surface area contributed by atoms with E-state index in [9.17, 15) is 42.7 Å².